The quantitative estimate of drug-likeness (QED) is 0.518. The number of rotatable bonds is 0. The molecule has 5 heteroatoms. The van der Waals surface area contributed by atoms with Crippen LogP contribution in [0, 0.1) is 0 Å². The third-order valence-electron chi connectivity index (χ3n) is 3.24. The predicted octanol–water partition coefficient (Wildman–Crippen LogP) is 3.45. The Morgan fingerprint density at radius 3 is 1.38 bits per heavy atom. The molecule has 0 aliphatic heterocycles. The van der Waals surface area contributed by atoms with E-state index in [4.69, 9.17) is 16.3 Å². The number of hydrogen-bond acceptors (Lipinski definition) is 5. The summed E-state index contributed by atoms with van der Waals surface area (Å²) in [5, 5.41) is 2.25. The van der Waals surface area contributed by atoms with E-state index in [1.54, 1.807) is 0 Å². The van der Waals surface area contributed by atoms with Gasteiger partial charge in [-0.25, -0.2) is 9.97 Å². The molecule has 2 aromatic carbocycles. The summed E-state index contributed by atoms with van der Waals surface area (Å²) in [6.45, 7) is 2.00. The van der Waals surface area contributed by atoms with Gasteiger partial charge in [0.2, 0.25) is 0 Å². The summed E-state index contributed by atoms with van der Waals surface area (Å²) in [5.74, 6) is 1.15. The van der Waals surface area contributed by atoms with Crippen molar-refractivity contribution in [1.29, 1.82) is 0 Å². The van der Waals surface area contributed by atoms with Gasteiger partial charge in [0.25, 0.3) is 0 Å². The van der Waals surface area contributed by atoms with Gasteiger partial charge >= 0.3 is 0 Å². The highest BCUT2D eigenvalue weighted by Gasteiger charge is 1.92. The van der Waals surface area contributed by atoms with E-state index in [-0.39, 0.29) is 0 Å². The fraction of sp³-hybridized carbons (Fsp3) is 0. The molecule has 4 N–H and O–H groups in total. The van der Waals surface area contributed by atoms with E-state index in [1.807, 2.05) is 79.6 Å². The van der Waals surface area contributed by atoms with Crippen LogP contribution >= 0.6 is 0 Å². The molecule has 0 spiro atoms. The Kier molecular flexibility index (Phi) is 5.80. The molecule has 0 aliphatic rings. The Balaban J connectivity index is 0.000000158. The van der Waals surface area contributed by atoms with Crippen molar-refractivity contribution >= 4 is 40.2 Å². The third-order valence-corrected chi connectivity index (χ3v) is 3.24. The molecule has 0 unspecified atom stereocenters. The van der Waals surface area contributed by atoms with Gasteiger partial charge in [-0.3, -0.25) is 0 Å². The number of hydrogen-bond donors (Lipinski definition) is 2. The topological polar surface area (TPSA) is 94.9 Å². The fourth-order valence-corrected chi connectivity index (χ4v) is 2.16. The maximum Gasteiger partial charge on any atom is 0.124 e. The van der Waals surface area contributed by atoms with Crippen LogP contribution in [0.15, 0.2) is 72.8 Å². The first-order valence-electron chi connectivity index (χ1n) is 7.24. The molecular weight excluding hydrogens is 300 g/mol. The van der Waals surface area contributed by atoms with E-state index < -0.39 is 0 Å². The summed E-state index contributed by atoms with van der Waals surface area (Å²) in [4.78, 5) is 16.3. The second-order valence-corrected chi connectivity index (χ2v) is 4.86. The van der Waals surface area contributed by atoms with Crippen LogP contribution in [0.4, 0.5) is 11.6 Å². The minimum Gasteiger partial charge on any atom is -0.384 e. The molecule has 0 aliphatic carbocycles. The smallest absolute Gasteiger partial charge is 0.124 e. The minimum absolute atomic E-state index is 0.573. The lowest BCUT2D eigenvalue weighted by Crippen LogP contribution is -1.88. The van der Waals surface area contributed by atoms with E-state index in [0.29, 0.717) is 11.6 Å². The molecule has 4 aromatic rings. The molecule has 0 atom stereocenters. The van der Waals surface area contributed by atoms with Crippen molar-refractivity contribution in [3.05, 3.63) is 72.8 Å². The van der Waals surface area contributed by atoms with Crippen LogP contribution < -0.4 is 11.5 Å². The summed E-state index contributed by atoms with van der Waals surface area (Å²) < 4.78 is 0. The van der Waals surface area contributed by atoms with Gasteiger partial charge in [0.15, 0.2) is 0 Å². The molecule has 0 saturated heterocycles. The Bertz CT molecular complexity index is 863. The lowest BCUT2D eigenvalue weighted by atomic mass is 10.2. The largest absolute Gasteiger partial charge is 0.384 e. The van der Waals surface area contributed by atoms with Crippen LogP contribution in [0.1, 0.15) is 0 Å². The molecule has 0 bridgehead atoms. The SMILES string of the molecule is C=O.Nc1ccc2ccccc2n1.Nc1ccc2ccccc2n1. The second-order valence-electron chi connectivity index (χ2n) is 4.86. The lowest BCUT2D eigenvalue weighted by Gasteiger charge is -1.95. The number of pyridine rings is 2. The van der Waals surface area contributed by atoms with Crippen LogP contribution in [0.5, 0.6) is 0 Å². The summed E-state index contributed by atoms with van der Waals surface area (Å²) in [6, 6.07) is 23.4. The molecule has 0 amide bonds. The Hall–Kier alpha value is -3.47. The second kappa shape index (κ2) is 8.24. The standard InChI is InChI=1S/2C9H8N2.CH2O/c2*10-9-6-5-7-3-1-2-4-8(7)11-9;1-2/h2*1-6H,(H2,10,11);1H2. The van der Waals surface area contributed by atoms with Gasteiger partial charge in [-0.1, -0.05) is 36.4 Å². The molecule has 0 saturated carbocycles. The number of carbonyl (C=O) groups is 1. The fourth-order valence-electron chi connectivity index (χ4n) is 2.16. The molecule has 24 heavy (non-hydrogen) atoms. The molecule has 5 nitrogen and oxygen atoms in total. The van der Waals surface area contributed by atoms with Crippen molar-refractivity contribution in [3.8, 4) is 0 Å². The number of carbonyl (C=O) groups excluding carboxylic acids is 1. The van der Waals surface area contributed by atoms with E-state index in [0.717, 1.165) is 21.8 Å². The highest BCUT2D eigenvalue weighted by Crippen LogP contribution is 2.12. The van der Waals surface area contributed by atoms with E-state index in [2.05, 4.69) is 9.97 Å². The summed E-state index contributed by atoms with van der Waals surface area (Å²) in [7, 11) is 0. The highest BCUT2D eigenvalue weighted by atomic mass is 16.1. The Morgan fingerprint density at radius 2 is 0.958 bits per heavy atom. The monoisotopic (exact) mass is 318 g/mol. The molecule has 120 valence electrons. The van der Waals surface area contributed by atoms with Crippen LogP contribution in [0.3, 0.4) is 0 Å². The number of fused-ring (bicyclic) bond motifs is 2. The number of anilines is 2. The molecule has 0 fully saturated rings. The first-order chi connectivity index (χ1) is 11.7. The zero-order valence-corrected chi connectivity index (χ0v) is 13.1. The normalized spacial score (nSPS) is 9.50. The van der Waals surface area contributed by atoms with Gasteiger partial charge in [-0.15, -0.1) is 0 Å². The van der Waals surface area contributed by atoms with Gasteiger partial charge in [0, 0.05) is 10.8 Å². The van der Waals surface area contributed by atoms with E-state index in [1.165, 1.54) is 0 Å². The van der Waals surface area contributed by atoms with E-state index >= 15 is 0 Å². The Labute approximate surface area is 140 Å². The molecule has 0 radical (unpaired) electrons. The third kappa shape index (κ3) is 4.27. The lowest BCUT2D eigenvalue weighted by molar-refractivity contribution is -0.0979. The zero-order chi connectivity index (χ0) is 17.4. The zero-order valence-electron chi connectivity index (χ0n) is 13.1. The summed E-state index contributed by atoms with van der Waals surface area (Å²) in [6.07, 6.45) is 0. The van der Waals surface area contributed by atoms with Crippen LogP contribution in [0.2, 0.25) is 0 Å². The summed E-state index contributed by atoms with van der Waals surface area (Å²) >= 11 is 0. The molecular formula is C19H18N4O. The minimum atomic E-state index is 0.573. The number of nitrogens with two attached hydrogens (primary N) is 2. The van der Waals surface area contributed by atoms with E-state index in [9.17, 15) is 0 Å². The number of nitrogens with zero attached hydrogens (tertiary/aromatic N) is 2. The molecule has 4 rings (SSSR count). The highest BCUT2D eigenvalue weighted by molar-refractivity contribution is 5.80. The van der Waals surface area contributed by atoms with Gasteiger partial charge < -0.3 is 16.3 Å². The first kappa shape index (κ1) is 16.9. The number of benzene rings is 2. The van der Waals surface area contributed by atoms with Gasteiger partial charge in [0.1, 0.15) is 18.4 Å². The van der Waals surface area contributed by atoms with Crippen molar-refractivity contribution < 1.29 is 4.79 Å². The van der Waals surface area contributed by atoms with Crippen LogP contribution in [-0.2, 0) is 4.79 Å². The van der Waals surface area contributed by atoms with Gasteiger partial charge in [-0.05, 0) is 36.4 Å². The van der Waals surface area contributed by atoms with Gasteiger partial charge in [0.05, 0.1) is 11.0 Å². The number of nitrogen functional groups attached to an aromatic ring is 2. The van der Waals surface area contributed by atoms with Crippen molar-refractivity contribution in [3.63, 3.8) is 0 Å². The van der Waals surface area contributed by atoms with Crippen molar-refractivity contribution in [2.45, 2.75) is 0 Å². The summed E-state index contributed by atoms with van der Waals surface area (Å²) in [5.41, 5.74) is 12.9. The average Bonchev–Trinajstić information content (AvgIpc) is 2.64. The Morgan fingerprint density at radius 1 is 0.583 bits per heavy atom. The van der Waals surface area contributed by atoms with Crippen molar-refractivity contribution in [2.75, 3.05) is 11.5 Å². The van der Waals surface area contributed by atoms with Crippen molar-refractivity contribution in [1.82, 2.24) is 9.97 Å². The molecule has 2 aromatic heterocycles. The number of aromatic nitrogens is 2. The van der Waals surface area contributed by atoms with Crippen molar-refractivity contribution in [2.24, 2.45) is 0 Å². The first-order valence-corrected chi connectivity index (χ1v) is 7.24. The molecule has 2 heterocycles. The van der Waals surface area contributed by atoms with Gasteiger partial charge in [-0.2, -0.15) is 0 Å². The number of para-hydroxylation sites is 2. The average molecular weight is 318 g/mol. The predicted molar refractivity (Wildman–Crippen MR) is 99.4 cm³/mol. The maximum absolute atomic E-state index is 8.00. The maximum atomic E-state index is 8.00. The van der Waals surface area contributed by atoms with Crippen LogP contribution in [0.25, 0.3) is 21.8 Å². The van der Waals surface area contributed by atoms with Crippen LogP contribution in [-0.4, -0.2) is 16.8 Å².